The van der Waals surface area contributed by atoms with Gasteiger partial charge in [-0.15, -0.1) is 0 Å². The van der Waals surface area contributed by atoms with Crippen LogP contribution in [0.25, 0.3) is 0 Å². The molecular formula is C20H33N3O5. The molecule has 0 unspecified atom stereocenters. The van der Waals surface area contributed by atoms with Crippen molar-refractivity contribution in [2.24, 2.45) is 5.92 Å². The zero-order valence-corrected chi connectivity index (χ0v) is 17.2. The van der Waals surface area contributed by atoms with Gasteiger partial charge in [0, 0.05) is 25.7 Å². The summed E-state index contributed by atoms with van der Waals surface area (Å²) in [6, 6.07) is 0. The molecule has 2 aliphatic rings. The summed E-state index contributed by atoms with van der Waals surface area (Å²) >= 11 is 0. The van der Waals surface area contributed by atoms with Crippen molar-refractivity contribution in [2.45, 2.75) is 52.1 Å². The third-order valence-corrected chi connectivity index (χ3v) is 4.77. The number of alkyl carbamates (subject to hydrolysis) is 1. The molecule has 0 saturated carbocycles. The average Bonchev–Trinajstić information content (AvgIpc) is 2.64. The van der Waals surface area contributed by atoms with E-state index in [-0.39, 0.29) is 18.4 Å². The maximum absolute atomic E-state index is 12.4. The molecule has 0 radical (unpaired) electrons. The van der Waals surface area contributed by atoms with Gasteiger partial charge in [0.2, 0.25) is 11.8 Å². The fourth-order valence-corrected chi connectivity index (χ4v) is 3.19. The van der Waals surface area contributed by atoms with Crippen LogP contribution in [0, 0.1) is 5.92 Å². The van der Waals surface area contributed by atoms with Gasteiger partial charge in [-0.25, -0.2) is 4.79 Å². The number of piperidine rings is 1. The molecule has 2 aliphatic heterocycles. The van der Waals surface area contributed by atoms with Crippen molar-refractivity contribution < 1.29 is 23.9 Å². The van der Waals surface area contributed by atoms with Crippen LogP contribution in [0.3, 0.4) is 0 Å². The molecule has 2 fully saturated rings. The zero-order valence-electron chi connectivity index (χ0n) is 17.2. The van der Waals surface area contributed by atoms with Crippen LogP contribution in [0.5, 0.6) is 0 Å². The fraction of sp³-hybridized carbons (Fsp3) is 0.750. The summed E-state index contributed by atoms with van der Waals surface area (Å²) in [6.45, 7) is 8.55. The second-order valence-electron chi connectivity index (χ2n) is 8.34. The van der Waals surface area contributed by atoms with E-state index >= 15 is 0 Å². The number of amides is 3. The first-order valence-electron chi connectivity index (χ1n) is 10.0. The summed E-state index contributed by atoms with van der Waals surface area (Å²) in [5.41, 5.74) is 0.579. The molecule has 2 heterocycles. The molecular weight excluding hydrogens is 362 g/mol. The van der Waals surface area contributed by atoms with E-state index in [0.717, 1.165) is 25.7 Å². The highest BCUT2D eigenvalue weighted by molar-refractivity contribution is 5.88. The Hall–Kier alpha value is -2.09. The Morgan fingerprint density at radius 1 is 1.14 bits per heavy atom. The topological polar surface area (TPSA) is 97.0 Å². The number of nitrogens with one attached hydrogen (secondary N) is 2. The van der Waals surface area contributed by atoms with E-state index in [4.69, 9.17) is 9.47 Å². The van der Waals surface area contributed by atoms with Crippen molar-refractivity contribution in [3.8, 4) is 0 Å². The van der Waals surface area contributed by atoms with E-state index in [1.165, 1.54) is 5.57 Å². The zero-order chi connectivity index (χ0) is 20.6. The van der Waals surface area contributed by atoms with Crippen molar-refractivity contribution in [1.29, 1.82) is 0 Å². The highest BCUT2D eigenvalue weighted by Gasteiger charge is 2.23. The molecule has 0 spiro atoms. The minimum atomic E-state index is -0.604. The first-order valence-corrected chi connectivity index (χ1v) is 10.0. The minimum absolute atomic E-state index is 0.0842. The van der Waals surface area contributed by atoms with Gasteiger partial charge in [-0.1, -0.05) is 5.57 Å². The molecule has 0 bridgehead atoms. The third-order valence-electron chi connectivity index (χ3n) is 4.77. The number of nitrogens with zero attached hydrogens (tertiary/aromatic N) is 1. The molecule has 2 saturated heterocycles. The van der Waals surface area contributed by atoms with Gasteiger partial charge in [-0.05, 0) is 52.4 Å². The first kappa shape index (κ1) is 22.2. The van der Waals surface area contributed by atoms with Gasteiger partial charge < -0.3 is 25.0 Å². The van der Waals surface area contributed by atoms with Crippen molar-refractivity contribution >= 4 is 17.9 Å². The highest BCUT2D eigenvalue weighted by atomic mass is 16.6. The van der Waals surface area contributed by atoms with Crippen LogP contribution >= 0.6 is 0 Å². The van der Waals surface area contributed by atoms with Crippen LogP contribution < -0.4 is 10.6 Å². The van der Waals surface area contributed by atoms with Crippen molar-refractivity contribution in [3.63, 3.8) is 0 Å². The normalized spacial score (nSPS) is 18.4. The smallest absolute Gasteiger partial charge is 0.408 e. The van der Waals surface area contributed by atoms with Gasteiger partial charge in [0.25, 0.3) is 0 Å². The van der Waals surface area contributed by atoms with Gasteiger partial charge in [0.1, 0.15) is 5.60 Å². The van der Waals surface area contributed by atoms with Crippen LogP contribution in [0.1, 0.15) is 46.5 Å². The van der Waals surface area contributed by atoms with E-state index in [1.807, 2.05) is 4.90 Å². The SMILES string of the molecule is CC(C)(C)OC(=O)NCC(=O)NCC1CCN(C(=O)C=C2CCOCC2)CC1. The Balaban J connectivity index is 1.62. The van der Waals surface area contributed by atoms with E-state index < -0.39 is 11.7 Å². The number of carbonyl (C=O) groups is 3. The monoisotopic (exact) mass is 395 g/mol. The Morgan fingerprint density at radius 3 is 2.39 bits per heavy atom. The van der Waals surface area contributed by atoms with Gasteiger partial charge in [-0.2, -0.15) is 0 Å². The highest BCUT2D eigenvalue weighted by Crippen LogP contribution is 2.19. The van der Waals surface area contributed by atoms with Gasteiger partial charge in [0.15, 0.2) is 0 Å². The van der Waals surface area contributed by atoms with E-state index in [9.17, 15) is 14.4 Å². The van der Waals surface area contributed by atoms with Gasteiger partial charge >= 0.3 is 6.09 Å². The Morgan fingerprint density at radius 2 is 1.79 bits per heavy atom. The van der Waals surface area contributed by atoms with Crippen LogP contribution in [0.4, 0.5) is 4.79 Å². The molecule has 158 valence electrons. The fourth-order valence-electron chi connectivity index (χ4n) is 3.19. The van der Waals surface area contributed by atoms with Gasteiger partial charge in [-0.3, -0.25) is 9.59 Å². The lowest BCUT2D eigenvalue weighted by Gasteiger charge is -2.31. The summed E-state index contributed by atoms with van der Waals surface area (Å²) in [5.74, 6) is 0.180. The molecule has 0 aromatic rings. The second-order valence-corrected chi connectivity index (χ2v) is 8.34. The average molecular weight is 396 g/mol. The predicted octanol–water partition coefficient (Wildman–Crippen LogP) is 1.60. The van der Waals surface area contributed by atoms with Crippen LogP contribution in [-0.2, 0) is 19.1 Å². The summed E-state index contributed by atoms with van der Waals surface area (Å²) in [4.78, 5) is 37.7. The molecule has 0 atom stereocenters. The number of ether oxygens (including phenoxy) is 2. The lowest BCUT2D eigenvalue weighted by Crippen LogP contribution is -2.43. The lowest BCUT2D eigenvalue weighted by atomic mass is 9.96. The van der Waals surface area contributed by atoms with Crippen LogP contribution in [0.2, 0.25) is 0 Å². The molecule has 2 rings (SSSR count). The van der Waals surface area contributed by atoms with Crippen LogP contribution in [0.15, 0.2) is 11.6 Å². The summed E-state index contributed by atoms with van der Waals surface area (Å²) in [6.07, 6.45) is 4.56. The molecule has 8 nitrogen and oxygen atoms in total. The molecule has 8 heteroatoms. The molecule has 0 aromatic carbocycles. The maximum Gasteiger partial charge on any atom is 0.408 e. The Kier molecular flexibility index (Phi) is 8.29. The standard InChI is InChI=1S/C20H33N3O5/c1-20(2,3)28-19(26)22-14-17(24)21-13-16-4-8-23(9-5-16)18(25)12-15-6-10-27-11-7-15/h12,16H,4-11,13-14H2,1-3H3,(H,21,24)(H,22,26). The summed E-state index contributed by atoms with van der Waals surface area (Å²) < 4.78 is 10.4. The molecule has 0 aromatic heterocycles. The predicted molar refractivity (Wildman–Crippen MR) is 105 cm³/mol. The largest absolute Gasteiger partial charge is 0.444 e. The van der Waals surface area contributed by atoms with E-state index in [1.54, 1.807) is 26.8 Å². The third kappa shape index (κ3) is 8.29. The second kappa shape index (κ2) is 10.5. The Labute approximate surface area is 167 Å². The molecule has 3 amide bonds. The van der Waals surface area contributed by atoms with Crippen molar-refractivity contribution in [2.75, 3.05) is 39.4 Å². The van der Waals surface area contributed by atoms with Crippen LogP contribution in [-0.4, -0.2) is 67.8 Å². The lowest BCUT2D eigenvalue weighted by molar-refractivity contribution is -0.127. The van der Waals surface area contributed by atoms with Crippen molar-refractivity contribution in [1.82, 2.24) is 15.5 Å². The van der Waals surface area contributed by atoms with Crippen molar-refractivity contribution in [3.05, 3.63) is 11.6 Å². The summed E-state index contributed by atoms with van der Waals surface area (Å²) in [7, 11) is 0. The minimum Gasteiger partial charge on any atom is -0.444 e. The van der Waals surface area contributed by atoms with Gasteiger partial charge in [0.05, 0.1) is 19.8 Å². The van der Waals surface area contributed by atoms with E-state index in [0.29, 0.717) is 38.8 Å². The quantitative estimate of drug-likeness (QED) is 0.689. The molecule has 0 aliphatic carbocycles. The number of hydrogen-bond acceptors (Lipinski definition) is 5. The Bertz CT molecular complexity index is 581. The summed E-state index contributed by atoms with van der Waals surface area (Å²) in [5, 5.41) is 5.29. The molecule has 2 N–H and O–H groups in total. The van der Waals surface area contributed by atoms with E-state index in [2.05, 4.69) is 10.6 Å². The number of likely N-dealkylation sites (tertiary alicyclic amines) is 1. The molecule has 28 heavy (non-hydrogen) atoms. The number of carbonyl (C=O) groups excluding carboxylic acids is 3. The number of hydrogen-bond donors (Lipinski definition) is 2. The number of rotatable bonds is 5. The first-order chi connectivity index (χ1) is 13.2. The maximum atomic E-state index is 12.4.